The summed E-state index contributed by atoms with van der Waals surface area (Å²) in [6, 6.07) is 5.97. The zero-order valence-electron chi connectivity index (χ0n) is 14.5. The fourth-order valence-corrected chi connectivity index (χ4v) is 4.78. The molecule has 3 heterocycles. The Kier molecular flexibility index (Phi) is 5.04. The lowest BCUT2D eigenvalue weighted by Crippen LogP contribution is -2.63. The minimum Gasteiger partial charge on any atom is -0.388 e. The van der Waals surface area contributed by atoms with Gasteiger partial charge < -0.3 is 19.3 Å². The number of rotatable bonds is 4. The van der Waals surface area contributed by atoms with Crippen molar-refractivity contribution >= 4 is 10.1 Å². The van der Waals surface area contributed by atoms with E-state index in [0.29, 0.717) is 32.9 Å². The number of aryl methyl sites for hydroxylation is 1. The molecule has 3 saturated heterocycles. The van der Waals surface area contributed by atoms with E-state index in [4.69, 9.17) is 18.4 Å². The Hall–Kier alpha value is -1.07. The summed E-state index contributed by atoms with van der Waals surface area (Å²) in [7, 11) is -4.05. The van der Waals surface area contributed by atoms with Gasteiger partial charge in [0.2, 0.25) is 0 Å². The van der Waals surface area contributed by atoms with Crippen LogP contribution in [-0.2, 0) is 28.5 Å². The van der Waals surface area contributed by atoms with Crippen LogP contribution in [-0.4, -0.2) is 82.0 Å². The van der Waals surface area contributed by atoms with Crippen LogP contribution in [0.4, 0.5) is 0 Å². The second-order valence-electron chi connectivity index (χ2n) is 6.83. The van der Waals surface area contributed by atoms with Gasteiger partial charge in [0.1, 0.15) is 12.2 Å². The molecule has 0 unspecified atom stereocenters. The van der Waals surface area contributed by atoms with Gasteiger partial charge in [-0.1, -0.05) is 17.7 Å². The standard InChI is InChI=1S/C17H23NO7S/c1-11-2-4-12(5-3-11)26(20,21)25-16-15(19)14(13-10-23-17(16)24-13)18-6-8-22-9-7-18/h2-5,13-17,19H,6-10H2,1H3/t13-,14+,15-,16-,17+/m0/s1. The molecule has 26 heavy (non-hydrogen) atoms. The normalized spacial score (nSPS) is 35.5. The molecule has 0 aliphatic carbocycles. The molecule has 0 saturated carbocycles. The minimum absolute atomic E-state index is 0.0401. The van der Waals surface area contributed by atoms with Gasteiger partial charge in [0.25, 0.3) is 10.1 Å². The summed E-state index contributed by atoms with van der Waals surface area (Å²) in [4.78, 5) is 2.09. The molecule has 144 valence electrons. The zero-order chi connectivity index (χ0) is 18.3. The third-order valence-electron chi connectivity index (χ3n) is 5.08. The van der Waals surface area contributed by atoms with Crippen LogP contribution < -0.4 is 0 Å². The van der Waals surface area contributed by atoms with Crippen molar-refractivity contribution in [3.8, 4) is 0 Å². The third-order valence-corrected chi connectivity index (χ3v) is 6.41. The first-order valence-electron chi connectivity index (χ1n) is 8.72. The molecule has 8 nitrogen and oxygen atoms in total. The molecule has 3 aliphatic rings. The average Bonchev–Trinajstić information content (AvgIpc) is 3.06. The van der Waals surface area contributed by atoms with E-state index in [-0.39, 0.29) is 11.0 Å². The lowest BCUT2D eigenvalue weighted by Gasteiger charge is -2.44. The van der Waals surface area contributed by atoms with Crippen LogP contribution in [0.15, 0.2) is 29.2 Å². The van der Waals surface area contributed by atoms with E-state index in [9.17, 15) is 13.5 Å². The summed E-state index contributed by atoms with van der Waals surface area (Å²) in [5.41, 5.74) is 0.944. The van der Waals surface area contributed by atoms with E-state index < -0.39 is 34.7 Å². The van der Waals surface area contributed by atoms with Crippen molar-refractivity contribution in [3.05, 3.63) is 29.8 Å². The molecule has 1 N–H and O–H groups in total. The van der Waals surface area contributed by atoms with Gasteiger partial charge in [-0.05, 0) is 19.1 Å². The van der Waals surface area contributed by atoms with Crippen molar-refractivity contribution < 1.29 is 31.9 Å². The van der Waals surface area contributed by atoms with Gasteiger partial charge in [-0.2, -0.15) is 8.42 Å². The van der Waals surface area contributed by atoms with Crippen LogP contribution in [0, 0.1) is 6.92 Å². The Labute approximate surface area is 152 Å². The summed E-state index contributed by atoms with van der Waals surface area (Å²) in [5.74, 6) is 0. The van der Waals surface area contributed by atoms with E-state index >= 15 is 0 Å². The van der Waals surface area contributed by atoms with Gasteiger partial charge in [-0.25, -0.2) is 0 Å². The summed E-state index contributed by atoms with van der Waals surface area (Å²) >= 11 is 0. The number of fused-ring (bicyclic) bond motifs is 2. The number of ether oxygens (including phenoxy) is 3. The highest BCUT2D eigenvalue weighted by Crippen LogP contribution is 2.34. The number of morpholine rings is 1. The topological polar surface area (TPSA) is 94.5 Å². The fourth-order valence-electron chi connectivity index (χ4n) is 3.70. The molecule has 1 aromatic carbocycles. The van der Waals surface area contributed by atoms with E-state index in [0.717, 1.165) is 5.56 Å². The molecule has 9 heteroatoms. The maximum absolute atomic E-state index is 12.6. The van der Waals surface area contributed by atoms with Crippen LogP contribution in [0.5, 0.6) is 0 Å². The molecular formula is C17H23NO7S. The van der Waals surface area contributed by atoms with Crippen molar-refractivity contribution in [3.63, 3.8) is 0 Å². The Morgan fingerprint density at radius 2 is 1.88 bits per heavy atom. The number of aliphatic hydroxyl groups is 1. The summed E-state index contributed by atoms with van der Waals surface area (Å²) in [5, 5.41) is 10.9. The highest BCUT2D eigenvalue weighted by Gasteiger charge is 2.54. The molecule has 0 spiro atoms. The predicted octanol–water partition coefficient (Wildman–Crippen LogP) is -0.114. The molecule has 3 fully saturated rings. The molecule has 0 aromatic heterocycles. The maximum Gasteiger partial charge on any atom is 0.297 e. The highest BCUT2D eigenvalue weighted by molar-refractivity contribution is 7.86. The Morgan fingerprint density at radius 3 is 2.58 bits per heavy atom. The van der Waals surface area contributed by atoms with E-state index in [1.807, 2.05) is 6.92 Å². The van der Waals surface area contributed by atoms with Gasteiger partial charge in [-0.3, -0.25) is 9.08 Å². The minimum atomic E-state index is -4.05. The lowest BCUT2D eigenvalue weighted by molar-refractivity contribution is -0.211. The summed E-state index contributed by atoms with van der Waals surface area (Å²) in [6.07, 6.45) is -3.37. The molecule has 0 radical (unpaired) electrons. The first-order valence-corrected chi connectivity index (χ1v) is 10.1. The van der Waals surface area contributed by atoms with Crippen molar-refractivity contribution in [2.75, 3.05) is 32.9 Å². The molecule has 5 atom stereocenters. The van der Waals surface area contributed by atoms with Crippen LogP contribution in [0.3, 0.4) is 0 Å². The predicted molar refractivity (Wildman–Crippen MR) is 90.0 cm³/mol. The Bertz CT molecular complexity index is 732. The van der Waals surface area contributed by atoms with E-state index in [1.165, 1.54) is 12.1 Å². The monoisotopic (exact) mass is 385 g/mol. The van der Waals surface area contributed by atoms with Gasteiger partial charge in [0.15, 0.2) is 12.4 Å². The van der Waals surface area contributed by atoms with Crippen LogP contribution >= 0.6 is 0 Å². The average molecular weight is 385 g/mol. The number of hydrogen-bond acceptors (Lipinski definition) is 8. The van der Waals surface area contributed by atoms with Crippen LogP contribution in [0.2, 0.25) is 0 Å². The van der Waals surface area contributed by atoms with Crippen molar-refractivity contribution in [1.29, 1.82) is 0 Å². The van der Waals surface area contributed by atoms with Gasteiger partial charge in [-0.15, -0.1) is 0 Å². The lowest BCUT2D eigenvalue weighted by atomic mass is 9.96. The van der Waals surface area contributed by atoms with Gasteiger partial charge in [0.05, 0.1) is 30.8 Å². The van der Waals surface area contributed by atoms with Crippen molar-refractivity contribution in [1.82, 2.24) is 4.90 Å². The second kappa shape index (κ2) is 7.16. The summed E-state index contributed by atoms with van der Waals surface area (Å²) in [6.45, 7) is 4.58. The first kappa shape index (κ1) is 18.3. The number of benzene rings is 1. The van der Waals surface area contributed by atoms with E-state index in [2.05, 4.69) is 4.90 Å². The van der Waals surface area contributed by atoms with Crippen LogP contribution in [0.1, 0.15) is 5.56 Å². The Morgan fingerprint density at radius 1 is 1.19 bits per heavy atom. The number of nitrogens with zero attached hydrogens (tertiary/aromatic N) is 1. The van der Waals surface area contributed by atoms with Gasteiger partial charge in [0, 0.05) is 13.1 Å². The number of aliphatic hydroxyl groups excluding tert-OH is 1. The SMILES string of the molecule is Cc1ccc(S(=O)(=O)O[C@@H]2[C@@H]3OC[C@H](O3)[C@@H](N3CCOCC3)[C@@H]2O)cc1. The number of hydrogen-bond donors (Lipinski definition) is 1. The molecule has 2 bridgehead atoms. The second-order valence-corrected chi connectivity index (χ2v) is 8.41. The Balaban J connectivity index is 1.56. The maximum atomic E-state index is 12.6. The van der Waals surface area contributed by atoms with Crippen molar-refractivity contribution in [2.24, 2.45) is 0 Å². The third kappa shape index (κ3) is 3.40. The molecule has 0 amide bonds. The van der Waals surface area contributed by atoms with Crippen LogP contribution in [0.25, 0.3) is 0 Å². The highest BCUT2D eigenvalue weighted by atomic mass is 32.2. The smallest absolute Gasteiger partial charge is 0.297 e. The van der Waals surface area contributed by atoms with Crippen molar-refractivity contribution in [2.45, 2.75) is 42.5 Å². The largest absolute Gasteiger partial charge is 0.388 e. The molecule has 3 aliphatic heterocycles. The summed E-state index contributed by atoms with van der Waals surface area (Å²) < 4.78 is 47.4. The van der Waals surface area contributed by atoms with E-state index in [1.54, 1.807) is 12.1 Å². The first-order chi connectivity index (χ1) is 12.5. The quantitative estimate of drug-likeness (QED) is 0.718. The molecule has 1 aromatic rings. The van der Waals surface area contributed by atoms with Gasteiger partial charge >= 0.3 is 0 Å². The zero-order valence-corrected chi connectivity index (χ0v) is 15.3. The fraction of sp³-hybridized carbons (Fsp3) is 0.647. The molecule has 4 rings (SSSR count). The molecular weight excluding hydrogens is 362 g/mol.